The molecule has 1 atom stereocenters. The van der Waals surface area contributed by atoms with Gasteiger partial charge in [-0.05, 0) is 18.2 Å². The van der Waals surface area contributed by atoms with Gasteiger partial charge >= 0.3 is 18.2 Å². The Morgan fingerprint density at radius 1 is 1.38 bits per heavy atom. The molecule has 116 valence electrons. The minimum absolute atomic E-state index is 0.0500. The van der Waals surface area contributed by atoms with E-state index in [-0.39, 0.29) is 16.7 Å². The van der Waals surface area contributed by atoms with Crippen LogP contribution in [0.15, 0.2) is 22.7 Å². The third-order valence-electron chi connectivity index (χ3n) is 2.52. The molecule has 0 aliphatic heterocycles. The van der Waals surface area contributed by atoms with Gasteiger partial charge in [-0.3, -0.25) is 4.79 Å². The number of urea groups is 1. The highest BCUT2D eigenvalue weighted by Gasteiger charge is 2.33. The summed E-state index contributed by atoms with van der Waals surface area (Å²) in [6.45, 7) is 1.26. The predicted molar refractivity (Wildman–Crippen MR) is 73.0 cm³/mol. The van der Waals surface area contributed by atoms with Crippen LogP contribution in [-0.4, -0.2) is 23.7 Å². The van der Waals surface area contributed by atoms with Crippen molar-refractivity contribution in [2.75, 3.05) is 11.9 Å². The standard InChI is InChI=1S/C12H12BrF3N2O3/c1-6(10(19)20)5-17-11(21)18-7-2-3-9(13)8(4-7)12(14,15)16/h2-4,6H,5H2,1H3,(H,19,20)(H2,17,18,21). The quantitative estimate of drug-likeness (QED) is 0.762. The molecule has 5 nitrogen and oxygen atoms in total. The second kappa shape index (κ2) is 6.79. The lowest BCUT2D eigenvalue weighted by Crippen LogP contribution is -2.34. The molecule has 0 aliphatic carbocycles. The zero-order chi connectivity index (χ0) is 16.2. The van der Waals surface area contributed by atoms with Crippen molar-refractivity contribution in [3.63, 3.8) is 0 Å². The van der Waals surface area contributed by atoms with Crippen molar-refractivity contribution < 1.29 is 27.9 Å². The lowest BCUT2D eigenvalue weighted by atomic mass is 10.2. The van der Waals surface area contributed by atoms with Crippen LogP contribution in [-0.2, 0) is 11.0 Å². The first-order valence-corrected chi connectivity index (χ1v) is 6.55. The van der Waals surface area contributed by atoms with Crippen LogP contribution in [0.25, 0.3) is 0 Å². The Balaban J connectivity index is 2.71. The number of benzene rings is 1. The SMILES string of the molecule is CC(CNC(=O)Nc1ccc(Br)c(C(F)(F)F)c1)C(=O)O. The molecular weight excluding hydrogens is 357 g/mol. The Morgan fingerprint density at radius 3 is 2.52 bits per heavy atom. The molecule has 1 aromatic rings. The summed E-state index contributed by atoms with van der Waals surface area (Å²) < 4.78 is 37.9. The average Bonchev–Trinajstić information content (AvgIpc) is 2.36. The maximum atomic E-state index is 12.7. The number of carbonyl (C=O) groups excluding carboxylic acids is 1. The number of carbonyl (C=O) groups is 2. The Kier molecular flexibility index (Phi) is 5.59. The molecule has 9 heteroatoms. The number of carboxylic acids is 1. The molecule has 0 aromatic heterocycles. The first-order valence-electron chi connectivity index (χ1n) is 5.75. The molecule has 1 rings (SSSR count). The normalized spacial score (nSPS) is 12.6. The Morgan fingerprint density at radius 2 is 2.00 bits per heavy atom. The molecule has 1 unspecified atom stereocenters. The van der Waals surface area contributed by atoms with Gasteiger partial charge in [-0.25, -0.2) is 4.79 Å². The van der Waals surface area contributed by atoms with Crippen LogP contribution in [0.2, 0.25) is 0 Å². The summed E-state index contributed by atoms with van der Waals surface area (Å²) in [5.74, 6) is -1.88. The molecule has 2 amide bonds. The van der Waals surface area contributed by atoms with Gasteiger partial charge in [0.15, 0.2) is 0 Å². The van der Waals surface area contributed by atoms with E-state index in [9.17, 15) is 22.8 Å². The number of carboxylic acid groups (broad SMARTS) is 1. The van der Waals surface area contributed by atoms with Crippen molar-refractivity contribution in [1.29, 1.82) is 0 Å². The minimum atomic E-state index is -4.55. The van der Waals surface area contributed by atoms with Crippen LogP contribution in [0.5, 0.6) is 0 Å². The summed E-state index contributed by atoms with van der Waals surface area (Å²) in [5, 5.41) is 13.1. The fourth-order valence-electron chi connectivity index (χ4n) is 1.33. The highest BCUT2D eigenvalue weighted by atomic mass is 79.9. The molecule has 0 fully saturated rings. The molecule has 1 aromatic carbocycles. The van der Waals surface area contributed by atoms with Gasteiger partial charge in [-0.1, -0.05) is 22.9 Å². The largest absolute Gasteiger partial charge is 0.481 e. The lowest BCUT2D eigenvalue weighted by Gasteiger charge is -2.13. The van der Waals surface area contributed by atoms with E-state index >= 15 is 0 Å². The summed E-state index contributed by atoms with van der Waals surface area (Å²) in [7, 11) is 0. The van der Waals surface area contributed by atoms with E-state index in [1.54, 1.807) is 0 Å². The van der Waals surface area contributed by atoms with Crippen molar-refractivity contribution in [3.8, 4) is 0 Å². The molecular formula is C12H12BrF3N2O3. The molecule has 0 saturated heterocycles. The molecule has 0 radical (unpaired) electrons. The molecule has 21 heavy (non-hydrogen) atoms. The van der Waals surface area contributed by atoms with Crippen molar-refractivity contribution in [2.24, 2.45) is 5.92 Å². The number of rotatable bonds is 4. The second-order valence-corrected chi connectivity index (χ2v) is 5.12. The number of hydrogen-bond acceptors (Lipinski definition) is 2. The molecule has 0 heterocycles. The van der Waals surface area contributed by atoms with Crippen LogP contribution in [0.1, 0.15) is 12.5 Å². The Hall–Kier alpha value is -1.77. The van der Waals surface area contributed by atoms with Crippen molar-refractivity contribution >= 4 is 33.6 Å². The van der Waals surface area contributed by atoms with Gasteiger partial charge in [0.2, 0.25) is 0 Å². The van der Waals surface area contributed by atoms with E-state index in [0.717, 1.165) is 12.1 Å². The Bertz CT molecular complexity index is 549. The number of hydrogen-bond donors (Lipinski definition) is 3. The van der Waals surface area contributed by atoms with E-state index in [2.05, 4.69) is 26.6 Å². The summed E-state index contributed by atoms with van der Waals surface area (Å²) in [4.78, 5) is 22.0. The molecule has 0 saturated carbocycles. The van der Waals surface area contributed by atoms with Gasteiger partial charge < -0.3 is 15.7 Å². The maximum Gasteiger partial charge on any atom is 0.417 e. The number of anilines is 1. The van der Waals surface area contributed by atoms with Gasteiger partial charge in [0.25, 0.3) is 0 Å². The molecule has 0 bridgehead atoms. The summed E-state index contributed by atoms with van der Waals surface area (Å²) >= 11 is 2.78. The Labute approximate surface area is 126 Å². The van der Waals surface area contributed by atoms with Crippen molar-refractivity contribution in [1.82, 2.24) is 5.32 Å². The highest BCUT2D eigenvalue weighted by molar-refractivity contribution is 9.10. The van der Waals surface area contributed by atoms with Gasteiger partial charge in [-0.2, -0.15) is 13.2 Å². The van der Waals surface area contributed by atoms with E-state index < -0.39 is 29.7 Å². The molecule has 0 aliphatic rings. The van der Waals surface area contributed by atoms with Gasteiger partial charge in [-0.15, -0.1) is 0 Å². The van der Waals surface area contributed by atoms with E-state index in [1.165, 1.54) is 13.0 Å². The average molecular weight is 369 g/mol. The van der Waals surface area contributed by atoms with Crippen molar-refractivity contribution in [2.45, 2.75) is 13.1 Å². The van der Waals surface area contributed by atoms with Crippen LogP contribution >= 0.6 is 15.9 Å². The monoisotopic (exact) mass is 368 g/mol. The second-order valence-electron chi connectivity index (χ2n) is 4.27. The van der Waals surface area contributed by atoms with Gasteiger partial charge in [0.05, 0.1) is 11.5 Å². The fraction of sp³-hybridized carbons (Fsp3) is 0.333. The third-order valence-corrected chi connectivity index (χ3v) is 3.21. The van der Waals surface area contributed by atoms with Gasteiger partial charge in [0.1, 0.15) is 0 Å². The van der Waals surface area contributed by atoms with E-state index in [0.29, 0.717) is 0 Å². The zero-order valence-corrected chi connectivity index (χ0v) is 12.4. The van der Waals surface area contributed by atoms with E-state index in [1.807, 2.05) is 0 Å². The first-order chi connectivity index (χ1) is 9.61. The summed E-state index contributed by atoms with van der Waals surface area (Å²) in [5.41, 5.74) is -0.967. The van der Waals surface area contributed by atoms with Crippen LogP contribution in [0.3, 0.4) is 0 Å². The first kappa shape index (κ1) is 17.3. The number of halogens is 4. The van der Waals surface area contributed by atoms with Gasteiger partial charge in [0, 0.05) is 16.7 Å². The topological polar surface area (TPSA) is 78.4 Å². The van der Waals surface area contributed by atoms with E-state index in [4.69, 9.17) is 5.11 Å². The molecule has 3 N–H and O–H groups in total. The lowest BCUT2D eigenvalue weighted by molar-refractivity contribution is -0.141. The minimum Gasteiger partial charge on any atom is -0.481 e. The predicted octanol–water partition coefficient (Wildman–Crippen LogP) is 3.31. The molecule has 0 spiro atoms. The summed E-state index contributed by atoms with van der Waals surface area (Å²) in [6.07, 6.45) is -4.55. The summed E-state index contributed by atoms with van der Waals surface area (Å²) in [6, 6.07) is 2.46. The number of amides is 2. The maximum absolute atomic E-state index is 12.7. The number of alkyl halides is 3. The number of aliphatic carboxylic acids is 1. The van der Waals surface area contributed by atoms with Crippen LogP contribution in [0, 0.1) is 5.92 Å². The highest BCUT2D eigenvalue weighted by Crippen LogP contribution is 2.36. The smallest absolute Gasteiger partial charge is 0.417 e. The van der Waals surface area contributed by atoms with Crippen LogP contribution in [0.4, 0.5) is 23.7 Å². The van der Waals surface area contributed by atoms with Crippen molar-refractivity contribution in [3.05, 3.63) is 28.2 Å². The number of nitrogens with one attached hydrogen (secondary N) is 2. The van der Waals surface area contributed by atoms with Crippen LogP contribution < -0.4 is 10.6 Å². The third kappa shape index (κ3) is 5.25. The fourth-order valence-corrected chi connectivity index (χ4v) is 1.80. The zero-order valence-electron chi connectivity index (χ0n) is 10.8.